The number of nitrogens with one attached hydrogen (secondary N) is 3. The summed E-state index contributed by atoms with van der Waals surface area (Å²) in [6, 6.07) is 14.4. The molecule has 0 fully saturated rings. The van der Waals surface area contributed by atoms with Gasteiger partial charge in [0.15, 0.2) is 5.11 Å². The van der Waals surface area contributed by atoms with Gasteiger partial charge < -0.3 is 20.4 Å². The Morgan fingerprint density at radius 3 is 2.88 bits per heavy atom. The van der Waals surface area contributed by atoms with Gasteiger partial charge in [-0.2, -0.15) is 0 Å². The molecule has 5 heteroatoms. The Morgan fingerprint density at radius 2 is 2.00 bits per heavy atom. The van der Waals surface area contributed by atoms with Gasteiger partial charge in [-0.1, -0.05) is 18.2 Å². The maximum atomic E-state index is 5.44. The summed E-state index contributed by atoms with van der Waals surface area (Å²) >= 11 is 5.44. The van der Waals surface area contributed by atoms with Crippen LogP contribution in [-0.4, -0.2) is 17.2 Å². The van der Waals surface area contributed by atoms with E-state index in [1.54, 1.807) is 7.11 Å². The number of anilines is 1. The van der Waals surface area contributed by atoms with E-state index in [2.05, 4.69) is 33.8 Å². The first-order valence-corrected chi connectivity index (χ1v) is 9.45. The highest BCUT2D eigenvalue weighted by atomic mass is 32.1. The molecule has 0 atom stereocenters. The van der Waals surface area contributed by atoms with E-state index in [1.165, 1.54) is 53.4 Å². The zero-order valence-electron chi connectivity index (χ0n) is 14.9. The second kappa shape index (κ2) is 7.38. The van der Waals surface area contributed by atoms with Crippen molar-refractivity contribution in [2.75, 3.05) is 12.4 Å². The first kappa shape index (κ1) is 16.9. The van der Waals surface area contributed by atoms with Crippen LogP contribution in [0.4, 0.5) is 5.69 Å². The van der Waals surface area contributed by atoms with Crippen LogP contribution in [0, 0.1) is 0 Å². The molecule has 1 aliphatic carbocycles. The van der Waals surface area contributed by atoms with Crippen LogP contribution < -0.4 is 15.4 Å². The summed E-state index contributed by atoms with van der Waals surface area (Å²) in [6.07, 6.45) is 4.93. The average molecular weight is 366 g/mol. The fourth-order valence-corrected chi connectivity index (χ4v) is 3.84. The Morgan fingerprint density at radius 1 is 1.15 bits per heavy atom. The number of aromatic nitrogens is 1. The second-order valence-electron chi connectivity index (χ2n) is 6.68. The number of hydrogen-bond donors (Lipinski definition) is 3. The van der Waals surface area contributed by atoms with Crippen molar-refractivity contribution in [2.45, 2.75) is 32.2 Å². The van der Waals surface area contributed by atoms with Crippen molar-refractivity contribution in [3.8, 4) is 5.75 Å². The van der Waals surface area contributed by atoms with Gasteiger partial charge in [-0.05, 0) is 73.3 Å². The molecule has 3 N–H and O–H groups in total. The normalized spacial score (nSPS) is 13.3. The van der Waals surface area contributed by atoms with Crippen molar-refractivity contribution in [3.63, 3.8) is 0 Å². The summed E-state index contributed by atoms with van der Waals surface area (Å²) in [5.41, 5.74) is 6.26. The van der Waals surface area contributed by atoms with Crippen molar-refractivity contribution >= 4 is 33.9 Å². The summed E-state index contributed by atoms with van der Waals surface area (Å²) in [5.74, 6) is 0.775. The van der Waals surface area contributed by atoms with Crippen LogP contribution in [0.3, 0.4) is 0 Å². The quantitative estimate of drug-likeness (QED) is 0.594. The molecule has 134 valence electrons. The zero-order chi connectivity index (χ0) is 17.9. The summed E-state index contributed by atoms with van der Waals surface area (Å²) in [6.45, 7) is 0.691. The lowest BCUT2D eigenvalue weighted by Gasteiger charge is -2.13. The molecule has 3 aromatic rings. The molecular weight excluding hydrogens is 342 g/mol. The van der Waals surface area contributed by atoms with Crippen LogP contribution in [0.1, 0.15) is 29.7 Å². The minimum absolute atomic E-state index is 0.589. The monoisotopic (exact) mass is 365 g/mol. The van der Waals surface area contributed by atoms with E-state index in [4.69, 9.17) is 17.0 Å². The van der Waals surface area contributed by atoms with Gasteiger partial charge in [-0.25, -0.2) is 0 Å². The maximum Gasteiger partial charge on any atom is 0.171 e. The van der Waals surface area contributed by atoms with Gasteiger partial charge >= 0.3 is 0 Å². The lowest BCUT2D eigenvalue weighted by Crippen LogP contribution is -2.28. The lowest BCUT2D eigenvalue weighted by atomic mass is 9.95. The third kappa shape index (κ3) is 3.40. The highest BCUT2D eigenvalue weighted by molar-refractivity contribution is 7.80. The van der Waals surface area contributed by atoms with E-state index in [1.807, 2.05) is 24.3 Å². The number of rotatable bonds is 4. The molecule has 4 rings (SSSR count). The number of benzene rings is 2. The molecule has 0 aliphatic heterocycles. The Balaban J connectivity index is 1.45. The predicted octanol–water partition coefficient (Wildman–Crippen LogP) is 4.54. The van der Waals surface area contributed by atoms with E-state index in [0.717, 1.165) is 11.4 Å². The first-order valence-electron chi connectivity index (χ1n) is 9.05. The first-order chi connectivity index (χ1) is 12.7. The molecule has 0 bridgehead atoms. The van der Waals surface area contributed by atoms with Crippen LogP contribution in [0.5, 0.6) is 5.75 Å². The van der Waals surface area contributed by atoms with Crippen molar-refractivity contribution in [3.05, 3.63) is 59.3 Å². The molecule has 0 amide bonds. The Bertz CT molecular complexity index is 948. The highest BCUT2D eigenvalue weighted by Crippen LogP contribution is 2.29. The van der Waals surface area contributed by atoms with Crippen LogP contribution in [0.25, 0.3) is 10.9 Å². The molecular formula is C21H23N3OS. The van der Waals surface area contributed by atoms with Crippen LogP contribution in [0.2, 0.25) is 0 Å². The van der Waals surface area contributed by atoms with Crippen molar-refractivity contribution in [1.82, 2.24) is 10.3 Å². The summed E-state index contributed by atoms with van der Waals surface area (Å²) in [7, 11) is 1.66. The van der Waals surface area contributed by atoms with Gasteiger partial charge in [-0.15, -0.1) is 0 Å². The van der Waals surface area contributed by atoms with Gasteiger partial charge in [0.25, 0.3) is 0 Å². The number of thiocarbonyl (C=S) groups is 1. The average Bonchev–Trinajstić information content (AvgIpc) is 3.05. The molecule has 1 aromatic heterocycles. The summed E-state index contributed by atoms with van der Waals surface area (Å²) < 4.78 is 5.35. The molecule has 0 radical (unpaired) electrons. The van der Waals surface area contributed by atoms with E-state index in [9.17, 15) is 0 Å². The van der Waals surface area contributed by atoms with Crippen LogP contribution in [0.15, 0.2) is 42.5 Å². The molecule has 0 spiro atoms. The number of H-pyrrole nitrogens is 1. The Labute approximate surface area is 159 Å². The molecule has 0 unspecified atom stereocenters. The largest absolute Gasteiger partial charge is 0.495 e. The molecule has 26 heavy (non-hydrogen) atoms. The lowest BCUT2D eigenvalue weighted by molar-refractivity contribution is 0.417. The SMILES string of the molecule is COc1ccccc1NC(=S)NCc1ccc2[nH]c3c(c2c1)CCCC3. The van der Waals surface area contributed by atoms with Gasteiger partial charge in [-0.3, -0.25) is 0 Å². The van der Waals surface area contributed by atoms with Crippen LogP contribution in [-0.2, 0) is 19.4 Å². The summed E-state index contributed by atoms with van der Waals surface area (Å²) in [4.78, 5) is 3.58. The smallest absolute Gasteiger partial charge is 0.171 e. The Kier molecular flexibility index (Phi) is 4.80. The minimum Gasteiger partial charge on any atom is -0.495 e. The fourth-order valence-electron chi connectivity index (χ4n) is 3.66. The predicted molar refractivity (Wildman–Crippen MR) is 111 cm³/mol. The van der Waals surface area contributed by atoms with E-state index in [0.29, 0.717) is 11.7 Å². The molecule has 0 saturated heterocycles. The standard InChI is InChI=1S/C21H23N3OS/c1-25-20-9-5-4-8-19(20)24-21(26)22-13-14-10-11-18-16(12-14)15-6-2-3-7-17(15)23-18/h4-5,8-12,23H,2-3,6-7,13H2,1H3,(H2,22,24,26). The third-order valence-corrected chi connectivity index (χ3v) is 5.22. The van der Waals surface area contributed by atoms with Crippen molar-refractivity contribution < 1.29 is 4.74 Å². The number of hydrogen-bond acceptors (Lipinski definition) is 2. The molecule has 1 aliphatic rings. The molecule has 2 aromatic carbocycles. The van der Waals surface area contributed by atoms with Gasteiger partial charge in [0.1, 0.15) is 5.75 Å². The Hall–Kier alpha value is -2.53. The fraction of sp³-hybridized carbons (Fsp3) is 0.286. The van der Waals surface area contributed by atoms with E-state index >= 15 is 0 Å². The molecule has 0 saturated carbocycles. The second-order valence-corrected chi connectivity index (χ2v) is 7.09. The van der Waals surface area contributed by atoms with Gasteiger partial charge in [0, 0.05) is 23.1 Å². The van der Waals surface area contributed by atoms with Crippen molar-refractivity contribution in [1.29, 1.82) is 0 Å². The van der Waals surface area contributed by atoms with E-state index < -0.39 is 0 Å². The van der Waals surface area contributed by atoms with Gasteiger partial charge in [0.05, 0.1) is 12.8 Å². The number of aryl methyl sites for hydroxylation is 2. The number of aromatic amines is 1. The topological polar surface area (TPSA) is 49.1 Å². The zero-order valence-corrected chi connectivity index (χ0v) is 15.7. The third-order valence-electron chi connectivity index (χ3n) is 4.97. The van der Waals surface area contributed by atoms with Crippen LogP contribution >= 0.6 is 12.2 Å². The number of fused-ring (bicyclic) bond motifs is 3. The maximum absolute atomic E-state index is 5.44. The number of methoxy groups -OCH3 is 1. The summed E-state index contributed by atoms with van der Waals surface area (Å²) in [5, 5.41) is 8.45. The van der Waals surface area contributed by atoms with Crippen molar-refractivity contribution in [2.24, 2.45) is 0 Å². The van der Waals surface area contributed by atoms with E-state index in [-0.39, 0.29) is 0 Å². The highest BCUT2D eigenvalue weighted by Gasteiger charge is 2.15. The molecule has 1 heterocycles. The number of para-hydroxylation sites is 2. The van der Waals surface area contributed by atoms with Gasteiger partial charge in [0.2, 0.25) is 0 Å². The number of ether oxygens (including phenoxy) is 1. The molecule has 4 nitrogen and oxygen atoms in total. The minimum atomic E-state index is 0.589.